The second-order valence-corrected chi connectivity index (χ2v) is 5.34. The zero-order valence-electron chi connectivity index (χ0n) is 11.0. The van der Waals surface area contributed by atoms with Gasteiger partial charge in [-0.3, -0.25) is 0 Å². The van der Waals surface area contributed by atoms with Gasteiger partial charge in [-0.1, -0.05) is 12.1 Å². The summed E-state index contributed by atoms with van der Waals surface area (Å²) in [7, 11) is 0. The molecule has 0 amide bonds. The fourth-order valence-electron chi connectivity index (χ4n) is 1.62. The topological polar surface area (TPSA) is 63.1 Å². The molecular formula is C14H14N2O2S. The number of hydrogen-bond acceptors (Lipinski definition) is 4. The number of hydrogen-bond donors (Lipinski definition) is 1. The minimum atomic E-state index is -0.999. The van der Waals surface area contributed by atoms with Crippen LogP contribution in [0.1, 0.15) is 27.2 Å². The van der Waals surface area contributed by atoms with E-state index in [1.54, 1.807) is 6.92 Å². The Balaban J connectivity index is 2.31. The SMILES string of the molecule is Cc1ccc(C)c(Sc2ncc(C(=O)O)c(C)n2)c1. The van der Waals surface area contributed by atoms with Crippen molar-refractivity contribution in [1.82, 2.24) is 9.97 Å². The van der Waals surface area contributed by atoms with Crippen LogP contribution in [0.4, 0.5) is 0 Å². The van der Waals surface area contributed by atoms with Gasteiger partial charge in [-0.2, -0.15) is 0 Å². The Morgan fingerprint density at radius 2 is 2.00 bits per heavy atom. The molecule has 0 unspecified atom stereocenters. The largest absolute Gasteiger partial charge is 0.478 e. The monoisotopic (exact) mass is 274 g/mol. The summed E-state index contributed by atoms with van der Waals surface area (Å²) in [5.74, 6) is -0.999. The smallest absolute Gasteiger partial charge is 0.339 e. The van der Waals surface area contributed by atoms with Crippen molar-refractivity contribution in [3.63, 3.8) is 0 Å². The third-order valence-corrected chi connectivity index (χ3v) is 3.77. The molecule has 1 aromatic heterocycles. The Kier molecular flexibility index (Phi) is 3.85. The lowest BCUT2D eigenvalue weighted by Crippen LogP contribution is -2.03. The molecule has 0 bridgehead atoms. The maximum atomic E-state index is 10.9. The van der Waals surface area contributed by atoms with Crippen molar-refractivity contribution < 1.29 is 9.90 Å². The number of carbonyl (C=O) groups is 1. The highest BCUT2D eigenvalue weighted by Crippen LogP contribution is 2.28. The Hall–Kier alpha value is -1.88. The van der Waals surface area contributed by atoms with Crippen LogP contribution in [0.2, 0.25) is 0 Å². The van der Waals surface area contributed by atoms with Crippen LogP contribution in [0.15, 0.2) is 34.4 Å². The quantitative estimate of drug-likeness (QED) is 0.870. The van der Waals surface area contributed by atoms with E-state index in [0.717, 1.165) is 10.5 Å². The second-order valence-electron chi connectivity index (χ2n) is 4.33. The first kappa shape index (κ1) is 13.5. The van der Waals surface area contributed by atoms with Crippen LogP contribution in [-0.2, 0) is 0 Å². The number of aryl methyl sites for hydroxylation is 3. The molecular weight excluding hydrogens is 260 g/mol. The highest BCUT2D eigenvalue weighted by atomic mass is 32.2. The fourth-order valence-corrected chi connectivity index (χ4v) is 2.58. The number of aromatic carboxylic acids is 1. The number of aromatic nitrogens is 2. The van der Waals surface area contributed by atoms with Gasteiger partial charge in [0, 0.05) is 11.1 Å². The lowest BCUT2D eigenvalue weighted by atomic mass is 10.2. The van der Waals surface area contributed by atoms with Gasteiger partial charge in [0.2, 0.25) is 0 Å². The number of nitrogens with zero attached hydrogens (tertiary/aromatic N) is 2. The molecule has 98 valence electrons. The normalized spacial score (nSPS) is 10.5. The van der Waals surface area contributed by atoms with Crippen molar-refractivity contribution in [1.29, 1.82) is 0 Å². The summed E-state index contributed by atoms with van der Waals surface area (Å²) in [4.78, 5) is 20.3. The van der Waals surface area contributed by atoms with Gasteiger partial charge in [-0.15, -0.1) is 0 Å². The van der Waals surface area contributed by atoms with Crippen LogP contribution in [0.3, 0.4) is 0 Å². The van der Waals surface area contributed by atoms with E-state index < -0.39 is 5.97 Å². The second kappa shape index (κ2) is 5.40. The lowest BCUT2D eigenvalue weighted by Gasteiger charge is -2.07. The van der Waals surface area contributed by atoms with Crippen molar-refractivity contribution in [2.75, 3.05) is 0 Å². The maximum absolute atomic E-state index is 10.9. The standard InChI is InChI=1S/C14H14N2O2S/c1-8-4-5-9(2)12(6-8)19-14-15-7-11(13(17)18)10(3)16-14/h4-7H,1-3H3,(H,17,18). The molecule has 0 saturated heterocycles. The molecule has 1 aromatic carbocycles. The Labute approximate surface area is 115 Å². The van der Waals surface area contributed by atoms with Crippen LogP contribution in [-0.4, -0.2) is 21.0 Å². The van der Waals surface area contributed by atoms with E-state index in [0.29, 0.717) is 10.9 Å². The van der Waals surface area contributed by atoms with Gasteiger partial charge >= 0.3 is 5.97 Å². The van der Waals surface area contributed by atoms with Crippen molar-refractivity contribution >= 4 is 17.7 Å². The third kappa shape index (κ3) is 3.12. The van der Waals surface area contributed by atoms with E-state index in [2.05, 4.69) is 28.2 Å². The molecule has 2 aromatic rings. The minimum absolute atomic E-state index is 0.144. The van der Waals surface area contributed by atoms with Gasteiger partial charge in [-0.25, -0.2) is 14.8 Å². The molecule has 0 aliphatic carbocycles. The first-order valence-corrected chi connectivity index (χ1v) is 6.61. The molecule has 0 fully saturated rings. The van der Waals surface area contributed by atoms with Crippen LogP contribution in [0.25, 0.3) is 0 Å². The lowest BCUT2D eigenvalue weighted by molar-refractivity contribution is 0.0695. The first-order chi connectivity index (χ1) is 8.97. The summed E-state index contributed by atoms with van der Waals surface area (Å²) in [6, 6.07) is 6.18. The Morgan fingerprint density at radius 3 is 2.63 bits per heavy atom. The molecule has 19 heavy (non-hydrogen) atoms. The van der Waals surface area contributed by atoms with Crippen LogP contribution in [0.5, 0.6) is 0 Å². The third-order valence-electron chi connectivity index (χ3n) is 2.73. The van der Waals surface area contributed by atoms with Gasteiger partial charge in [0.05, 0.1) is 11.3 Å². The van der Waals surface area contributed by atoms with E-state index in [4.69, 9.17) is 5.11 Å². The van der Waals surface area contributed by atoms with Crippen LogP contribution in [0, 0.1) is 20.8 Å². The molecule has 1 heterocycles. The average molecular weight is 274 g/mol. The van der Waals surface area contributed by atoms with Crippen LogP contribution >= 0.6 is 11.8 Å². The number of benzene rings is 1. The van der Waals surface area contributed by atoms with Gasteiger partial charge in [0.25, 0.3) is 0 Å². The van der Waals surface area contributed by atoms with Crippen molar-refractivity contribution in [2.24, 2.45) is 0 Å². The zero-order valence-corrected chi connectivity index (χ0v) is 11.8. The summed E-state index contributed by atoms with van der Waals surface area (Å²) in [5, 5.41) is 9.51. The van der Waals surface area contributed by atoms with Gasteiger partial charge in [0.1, 0.15) is 0 Å². The number of carboxylic acids is 1. The molecule has 0 aliphatic heterocycles. The van der Waals surface area contributed by atoms with Crippen molar-refractivity contribution in [2.45, 2.75) is 30.8 Å². The van der Waals surface area contributed by atoms with E-state index in [1.807, 2.05) is 13.8 Å². The molecule has 0 spiro atoms. The van der Waals surface area contributed by atoms with E-state index in [9.17, 15) is 4.79 Å². The molecule has 2 rings (SSSR count). The molecule has 4 nitrogen and oxygen atoms in total. The highest BCUT2D eigenvalue weighted by Gasteiger charge is 2.11. The average Bonchev–Trinajstić information content (AvgIpc) is 2.33. The predicted octanol–water partition coefficient (Wildman–Crippen LogP) is 3.25. The van der Waals surface area contributed by atoms with E-state index in [1.165, 1.54) is 23.5 Å². The van der Waals surface area contributed by atoms with E-state index >= 15 is 0 Å². The molecule has 0 aliphatic rings. The Bertz CT molecular complexity index is 641. The Morgan fingerprint density at radius 1 is 1.26 bits per heavy atom. The van der Waals surface area contributed by atoms with Gasteiger partial charge in [0.15, 0.2) is 5.16 Å². The summed E-state index contributed by atoms with van der Waals surface area (Å²) >= 11 is 1.45. The first-order valence-electron chi connectivity index (χ1n) is 5.79. The van der Waals surface area contributed by atoms with Crippen LogP contribution < -0.4 is 0 Å². The maximum Gasteiger partial charge on any atom is 0.339 e. The zero-order chi connectivity index (χ0) is 14.0. The molecule has 0 radical (unpaired) electrons. The molecule has 1 N–H and O–H groups in total. The fraction of sp³-hybridized carbons (Fsp3) is 0.214. The predicted molar refractivity (Wildman–Crippen MR) is 73.8 cm³/mol. The molecule has 0 saturated carbocycles. The summed E-state index contributed by atoms with van der Waals surface area (Å²) in [6.45, 7) is 5.74. The summed E-state index contributed by atoms with van der Waals surface area (Å²) in [5.41, 5.74) is 2.95. The van der Waals surface area contributed by atoms with Gasteiger partial charge < -0.3 is 5.11 Å². The summed E-state index contributed by atoms with van der Waals surface area (Å²) in [6.07, 6.45) is 1.36. The number of rotatable bonds is 3. The van der Waals surface area contributed by atoms with E-state index in [-0.39, 0.29) is 5.56 Å². The van der Waals surface area contributed by atoms with Crippen molar-refractivity contribution in [3.8, 4) is 0 Å². The summed E-state index contributed by atoms with van der Waals surface area (Å²) < 4.78 is 0. The minimum Gasteiger partial charge on any atom is -0.478 e. The molecule has 0 atom stereocenters. The number of carboxylic acid groups (broad SMARTS) is 1. The van der Waals surface area contributed by atoms with Gasteiger partial charge in [-0.05, 0) is 49.7 Å². The molecule has 5 heteroatoms. The highest BCUT2D eigenvalue weighted by molar-refractivity contribution is 7.99. The van der Waals surface area contributed by atoms with Crippen molar-refractivity contribution in [3.05, 3.63) is 46.8 Å².